The van der Waals surface area contributed by atoms with Gasteiger partial charge in [0.2, 0.25) is 0 Å². The molecule has 0 aromatic heterocycles. The zero-order valence-corrected chi connectivity index (χ0v) is 13.1. The first-order chi connectivity index (χ1) is 9.11. The van der Waals surface area contributed by atoms with E-state index < -0.39 is 0 Å². The monoisotopic (exact) mass is 267 g/mol. The number of nitrogens with zero attached hydrogens (tertiary/aromatic N) is 2. The standard InChI is InChI=1S/C16H33N3/c1-4-19(15-7-5-14(17)6-8-15)16-9-11-18(12-10-16)13(2)3/h13-16H,4-12,17H2,1-3H3. The molecule has 0 unspecified atom stereocenters. The van der Waals surface area contributed by atoms with Crippen LogP contribution in [-0.4, -0.2) is 53.6 Å². The highest BCUT2D eigenvalue weighted by molar-refractivity contribution is 4.87. The van der Waals surface area contributed by atoms with E-state index in [4.69, 9.17) is 5.73 Å². The largest absolute Gasteiger partial charge is 0.328 e. The van der Waals surface area contributed by atoms with Gasteiger partial charge in [0.1, 0.15) is 0 Å². The molecule has 2 N–H and O–H groups in total. The van der Waals surface area contributed by atoms with Gasteiger partial charge in [-0.2, -0.15) is 0 Å². The third kappa shape index (κ3) is 3.93. The van der Waals surface area contributed by atoms with Crippen molar-refractivity contribution in [2.75, 3.05) is 19.6 Å². The predicted molar refractivity (Wildman–Crippen MR) is 82.3 cm³/mol. The van der Waals surface area contributed by atoms with Crippen LogP contribution in [0.2, 0.25) is 0 Å². The Kier molecular flexibility index (Phi) is 5.67. The summed E-state index contributed by atoms with van der Waals surface area (Å²) in [7, 11) is 0. The molecule has 1 saturated heterocycles. The first-order valence-corrected chi connectivity index (χ1v) is 8.37. The molecule has 3 heteroatoms. The third-order valence-electron chi connectivity index (χ3n) is 5.27. The highest BCUT2D eigenvalue weighted by atomic mass is 15.2. The molecule has 1 aliphatic carbocycles. The summed E-state index contributed by atoms with van der Waals surface area (Å²) in [5, 5.41) is 0. The lowest BCUT2D eigenvalue weighted by Crippen LogP contribution is -2.51. The molecule has 19 heavy (non-hydrogen) atoms. The van der Waals surface area contributed by atoms with Gasteiger partial charge in [-0.15, -0.1) is 0 Å². The quantitative estimate of drug-likeness (QED) is 0.849. The number of hydrogen-bond acceptors (Lipinski definition) is 3. The Morgan fingerprint density at radius 1 is 1.00 bits per heavy atom. The molecule has 0 radical (unpaired) electrons. The lowest BCUT2D eigenvalue weighted by molar-refractivity contribution is 0.0513. The van der Waals surface area contributed by atoms with Gasteiger partial charge in [-0.05, 0) is 72.0 Å². The second-order valence-electron chi connectivity index (χ2n) is 6.76. The molecule has 2 aliphatic rings. The fourth-order valence-electron chi connectivity index (χ4n) is 3.98. The number of rotatable bonds is 4. The van der Waals surface area contributed by atoms with E-state index in [1.54, 1.807) is 0 Å². The minimum atomic E-state index is 0.470. The van der Waals surface area contributed by atoms with Gasteiger partial charge in [0.05, 0.1) is 0 Å². The summed E-state index contributed by atoms with van der Waals surface area (Å²) in [6, 6.07) is 2.81. The summed E-state index contributed by atoms with van der Waals surface area (Å²) >= 11 is 0. The highest BCUT2D eigenvalue weighted by Gasteiger charge is 2.31. The van der Waals surface area contributed by atoms with Crippen molar-refractivity contribution < 1.29 is 0 Å². The van der Waals surface area contributed by atoms with Crippen LogP contribution in [0.5, 0.6) is 0 Å². The van der Waals surface area contributed by atoms with E-state index in [0.717, 1.165) is 12.1 Å². The molecule has 2 fully saturated rings. The molecular weight excluding hydrogens is 234 g/mol. The van der Waals surface area contributed by atoms with Crippen LogP contribution >= 0.6 is 0 Å². The summed E-state index contributed by atoms with van der Waals surface area (Å²) in [6.45, 7) is 10.8. The summed E-state index contributed by atoms with van der Waals surface area (Å²) in [5.41, 5.74) is 6.04. The van der Waals surface area contributed by atoms with Gasteiger partial charge in [-0.3, -0.25) is 4.90 Å². The Morgan fingerprint density at radius 3 is 2.00 bits per heavy atom. The van der Waals surface area contributed by atoms with Crippen molar-refractivity contribution in [1.82, 2.24) is 9.80 Å². The number of hydrogen-bond donors (Lipinski definition) is 1. The fraction of sp³-hybridized carbons (Fsp3) is 1.00. The zero-order chi connectivity index (χ0) is 13.8. The van der Waals surface area contributed by atoms with E-state index in [1.807, 2.05) is 0 Å². The van der Waals surface area contributed by atoms with Crippen molar-refractivity contribution in [2.24, 2.45) is 5.73 Å². The summed E-state index contributed by atoms with van der Waals surface area (Å²) < 4.78 is 0. The van der Waals surface area contributed by atoms with Gasteiger partial charge in [0.25, 0.3) is 0 Å². The van der Waals surface area contributed by atoms with Crippen LogP contribution in [0.25, 0.3) is 0 Å². The van der Waals surface area contributed by atoms with Gasteiger partial charge >= 0.3 is 0 Å². The first kappa shape index (κ1) is 15.3. The summed E-state index contributed by atoms with van der Waals surface area (Å²) in [6.07, 6.45) is 7.81. The molecule has 0 bridgehead atoms. The molecule has 0 aromatic rings. The van der Waals surface area contributed by atoms with Crippen LogP contribution in [0.4, 0.5) is 0 Å². The van der Waals surface area contributed by atoms with Crippen LogP contribution in [-0.2, 0) is 0 Å². The van der Waals surface area contributed by atoms with E-state index >= 15 is 0 Å². The van der Waals surface area contributed by atoms with Crippen LogP contribution in [0, 0.1) is 0 Å². The number of piperidine rings is 1. The van der Waals surface area contributed by atoms with Crippen molar-refractivity contribution >= 4 is 0 Å². The fourth-order valence-corrected chi connectivity index (χ4v) is 3.98. The third-order valence-corrected chi connectivity index (χ3v) is 5.27. The Balaban J connectivity index is 1.85. The summed E-state index contributed by atoms with van der Waals surface area (Å²) in [5.74, 6) is 0. The van der Waals surface area contributed by atoms with Gasteiger partial charge in [0, 0.05) is 24.2 Å². The average molecular weight is 267 g/mol. The van der Waals surface area contributed by atoms with Gasteiger partial charge in [-0.25, -0.2) is 0 Å². The Labute approximate surface area is 119 Å². The Hall–Kier alpha value is -0.120. The molecule has 0 aromatic carbocycles. The molecule has 1 aliphatic heterocycles. The Morgan fingerprint density at radius 2 is 1.53 bits per heavy atom. The molecule has 112 valence electrons. The minimum Gasteiger partial charge on any atom is -0.328 e. The highest BCUT2D eigenvalue weighted by Crippen LogP contribution is 2.27. The molecule has 1 saturated carbocycles. The molecule has 2 rings (SSSR count). The summed E-state index contributed by atoms with van der Waals surface area (Å²) in [4.78, 5) is 5.42. The van der Waals surface area contributed by atoms with Gasteiger partial charge < -0.3 is 10.6 Å². The van der Waals surface area contributed by atoms with Gasteiger partial charge in [-0.1, -0.05) is 6.92 Å². The smallest absolute Gasteiger partial charge is 0.0122 e. The number of nitrogens with two attached hydrogens (primary N) is 1. The number of likely N-dealkylation sites (tertiary alicyclic amines) is 1. The van der Waals surface area contributed by atoms with Crippen molar-refractivity contribution in [3.8, 4) is 0 Å². The van der Waals surface area contributed by atoms with Crippen molar-refractivity contribution in [3.05, 3.63) is 0 Å². The topological polar surface area (TPSA) is 32.5 Å². The molecular formula is C16H33N3. The average Bonchev–Trinajstić information content (AvgIpc) is 2.42. The maximum absolute atomic E-state index is 6.04. The maximum Gasteiger partial charge on any atom is 0.0122 e. The second kappa shape index (κ2) is 7.05. The van der Waals surface area contributed by atoms with Crippen molar-refractivity contribution in [2.45, 2.75) is 83.5 Å². The lowest BCUT2D eigenvalue weighted by atomic mass is 9.88. The van der Waals surface area contributed by atoms with E-state index in [9.17, 15) is 0 Å². The minimum absolute atomic E-state index is 0.470. The normalized spacial score (nSPS) is 31.3. The maximum atomic E-state index is 6.04. The molecule has 0 amide bonds. The van der Waals surface area contributed by atoms with E-state index in [-0.39, 0.29) is 0 Å². The molecule has 1 heterocycles. The van der Waals surface area contributed by atoms with Gasteiger partial charge in [0.15, 0.2) is 0 Å². The molecule has 0 spiro atoms. The van der Waals surface area contributed by atoms with E-state index in [2.05, 4.69) is 30.6 Å². The Bertz CT molecular complexity index is 251. The van der Waals surface area contributed by atoms with Crippen LogP contribution in [0.3, 0.4) is 0 Å². The predicted octanol–water partition coefficient (Wildman–Crippen LogP) is 2.45. The molecule has 3 nitrogen and oxygen atoms in total. The van der Waals surface area contributed by atoms with Crippen molar-refractivity contribution in [3.63, 3.8) is 0 Å². The van der Waals surface area contributed by atoms with Crippen LogP contribution in [0.1, 0.15) is 59.3 Å². The van der Waals surface area contributed by atoms with Crippen LogP contribution < -0.4 is 5.73 Å². The zero-order valence-electron chi connectivity index (χ0n) is 13.1. The lowest BCUT2D eigenvalue weighted by Gasteiger charge is -2.44. The van der Waals surface area contributed by atoms with Crippen LogP contribution in [0.15, 0.2) is 0 Å². The SMILES string of the molecule is CCN(C1CCC(N)CC1)C1CCN(C(C)C)CC1. The van der Waals surface area contributed by atoms with E-state index in [1.165, 1.54) is 58.2 Å². The second-order valence-corrected chi connectivity index (χ2v) is 6.76. The molecule has 0 atom stereocenters. The van der Waals surface area contributed by atoms with Crippen molar-refractivity contribution in [1.29, 1.82) is 0 Å². The van der Waals surface area contributed by atoms with E-state index in [0.29, 0.717) is 12.1 Å². The first-order valence-electron chi connectivity index (χ1n) is 8.37.